The van der Waals surface area contributed by atoms with Crippen LogP contribution in [0.15, 0.2) is 53.3 Å². The zero-order valence-electron chi connectivity index (χ0n) is 12.5. The molecule has 112 valence electrons. The summed E-state index contributed by atoms with van der Waals surface area (Å²) in [4.78, 5) is 12.1. The van der Waals surface area contributed by atoms with Crippen LogP contribution in [-0.4, -0.2) is 21.9 Å². The molecule has 0 saturated heterocycles. The summed E-state index contributed by atoms with van der Waals surface area (Å²) in [5.41, 5.74) is 2.71. The molecule has 0 spiro atoms. The maximum Gasteiger partial charge on any atom is 0.347 e. The largest absolute Gasteiger partial charge is 0.497 e. The fourth-order valence-corrected chi connectivity index (χ4v) is 2.45. The Morgan fingerprint density at radius 2 is 2.00 bits per heavy atom. The second-order valence-electron chi connectivity index (χ2n) is 5.15. The molecule has 0 radical (unpaired) electrons. The van der Waals surface area contributed by atoms with Gasteiger partial charge in [-0.05, 0) is 42.3 Å². The molecule has 0 bridgehead atoms. The molecule has 5 nitrogen and oxygen atoms in total. The Morgan fingerprint density at radius 1 is 1.18 bits per heavy atom. The molecular weight excluding hydrogens is 278 g/mol. The molecule has 0 aliphatic carbocycles. The predicted octanol–water partition coefficient (Wildman–Crippen LogP) is 2.47. The van der Waals surface area contributed by atoms with Crippen LogP contribution in [0, 0.1) is 6.92 Å². The molecule has 3 rings (SSSR count). The van der Waals surface area contributed by atoms with E-state index < -0.39 is 0 Å². The highest BCUT2D eigenvalue weighted by molar-refractivity contribution is 5.37. The van der Waals surface area contributed by atoms with E-state index in [1.54, 1.807) is 11.7 Å². The number of H-pyrrole nitrogens is 1. The lowest BCUT2D eigenvalue weighted by Crippen LogP contribution is -2.17. The fourth-order valence-electron chi connectivity index (χ4n) is 2.45. The Balaban J connectivity index is 2.00. The number of aryl methyl sites for hydroxylation is 1. The summed E-state index contributed by atoms with van der Waals surface area (Å²) in [7, 11) is 1.64. The number of hydrogen-bond acceptors (Lipinski definition) is 3. The molecule has 5 heteroatoms. The summed E-state index contributed by atoms with van der Waals surface area (Å²) in [5.74, 6) is 1.46. The molecule has 22 heavy (non-hydrogen) atoms. The van der Waals surface area contributed by atoms with Crippen LogP contribution < -0.4 is 10.4 Å². The van der Waals surface area contributed by atoms with Gasteiger partial charge in [-0.1, -0.05) is 24.3 Å². The van der Waals surface area contributed by atoms with E-state index >= 15 is 0 Å². The summed E-state index contributed by atoms with van der Waals surface area (Å²) >= 11 is 0. The van der Waals surface area contributed by atoms with Gasteiger partial charge in [-0.2, -0.15) is 5.10 Å². The summed E-state index contributed by atoms with van der Waals surface area (Å²) in [6.07, 6.45) is 0.546. The van der Waals surface area contributed by atoms with Crippen molar-refractivity contribution in [3.63, 3.8) is 0 Å². The van der Waals surface area contributed by atoms with E-state index in [2.05, 4.69) is 10.2 Å². The highest BCUT2D eigenvalue weighted by atomic mass is 16.5. The SMILES string of the molecule is COc1cccc(Cc2n[nH]c(=O)n2-c2cccc(C)c2)c1. The van der Waals surface area contributed by atoms with Crippen molar-refractivity contribution >= 4 is 0 Å². The Labute approximate surface area is 128 Å². The number of nitrogens with zero attached hydrogens (tertiary/aromatic N) is 2. The van der Waals surface area contributed by atoms with Gasteiger partial charge in [0.05, 0.1) is 12.8 Å². The zero-order chi connectivity index (χ0) is 15.5. The van der Waals surface area contributed by atoms with E-state index in [-0.39, 0.29) is 5.69 Å². The Hall–Kier alpha value is -2.82. The monoisotopic (exact) mass is 295 g/mol. The lowest BCUT2D eigenvalue weighted by Gasteiger charge is -2.07. The molecule has 0 aliphatic rings. The number of aromatic amines is 1. The molecule has 1 aromatic heterocycles. The van der Waals surface area contributed by atoms with Gasteiger partial charge in [-0.15, -0.1) is 0 Å². The number of nitrogens with one attached hydrogen (secondary N) is 1. The van der Waals surface area contributed by atoms with Gasteiger partial charge in [0.15, 0.2) is 0 Å². The quantitative estimate of drug-likeness (QED) is 0.804. The number of aromatic nitrogens is 3. The van der Waals surface area contributed by atoms with E-state index in [1.165, 1.54) is 0 Å². The number of rotatable bonds is 4. The van der Waals surface area contributed by atoms with Crippen molar-refractivity contribution in [2.24, 2.45) is 0 Å². The van der Waals surface area contributed by atoms with Crippen molar-refractivity contribution in [2.75, 3.05) is 7.11 Å². The minimum atomic E-state index is -0.233. The maximum atomic E-state index is 12.1. The number of hydrogen-bond donors (Lipinski definition) is 1. The minimum Gasteiger partial charge on any atom is -0.497 e. The predicted molar refractivity (Wildman–Crippen MR) is 84.7 cm³/mol. The number of methoxy groups -OCH3 is 1. The van der Waals surface area contributed by atoms with Gasteiger partial charge in [0.1, 0.15) is 11.6 Å². The smallest absolute Gasteiger partial charge is 0.347 e. The van der Waals surface area contributed by atoms with Crippen LogP contribution in [0.5, 0.6) is 5.75 Å². The molecule has 0 atom stereocenters. The number of ether oxygens (including phenoxy) is 1. The summed E-state index contributed by atoms with van der Waals surface area (Å²) in [5, 5.41) is 6.69. The van der Waals surface area contributed by atoms with Gasteiger partial charge in [0.2, 0.25) is 0 Å². The Bertz CT molecular complexity index is 849. The molecule has 0 unspecified atom stereocenters. The van der Waals surface area contributed by atoms with Crippen LogP contribution in [0.2, 0.25) is 0 Å². The molecule has 1 heterocycles. The van der Waals surface area contributed by atoms with E-state index in [0.29, 0.717) is 12.2 Å². The lowest BCUT2D eigenvalue weighted by atomic mass is 10.1. The van der Waals surface area contributed by atoms with Gasteiger partial charge in [-0.3, -0.25) is 0 Å². The third-order valence-electron chi connectivity index (χ3n) is 3.50. The van der Waals surface area contributed by atoms with Gasteiger partial charge in [0, 0.05) is 6.42 Å². The van der Waals surface area contributed by atoms with Crippen LogP contribution in [0.25, 0.3) is 5.69 Å². The number of benzene rings is 2. The second-order valence-corrected chi connectivity index (χ2v) is 5.15. The summed E-state index contributed by atoms with van der Waals surface area (Å²) < 4.78 is 6.84. The first kappa shape index (κ1) is 14.1. The lowest BCUT2D eigenvalue weighted by molar-refractivity contribution is 0.414. The third-order valence-corrected chi connectivity index (χ3v) is 3.50. The van der Waals surface area contributed by atoms with Gasteiger partial charge < -0.3 is 4.74 Å². The van der Waals surface area contributed by atoms with Crippen molar-refractivity contribution in [3.05, 3.63) is 76.0 Å². The Kier molecular flexibility index (Phi) is 3.78. The van der Waals surface area contributed by atoms with Gasteiger partial charge in [-0.25, -0.2) is 14.5 Å². The van der Waals surface area contributed by atoms with E-state index in [4.69, 9.17) is 4.74 Å². The minimum absolute atomic E-state index is 0.233. The molecule has 0 amide bonds. The van der Waals surface area contributed by atoms with E-state index in [9.17, 15) is 4.79 Å². The zero-order valence-corrected chi connectivity index (χ0v) is 12.5. The van der Waals surface area contributed by atoms with Gasteiger partial charge >= 0.3 is 5.69 Å². The average Bonchev–Trinajstić information content (AvgIpc) is 2.88. The van der Waals surface area contributed by atoms with Crippen molar-refractivity contribution in [1.82, 2.24) is 14.8 Å². The van der Waals surface area contributed by atoms with Crippen LogP contribution in [0.1, 0.15) is 17.0 Å². The van der Waals surface area contributed by atoms with Crippen LogP contribution >= 0.6 is 0 Å². The topological polar surface area (TPSA) is 59.9 Å². The molecule has 0 saturated carbocycles. The fraction of sp³-hybridized carbons (Fsp3) is 0.176. The summed E-state index contributed by atoms with van der Waals surface area (Å²) in [6.45, 7) is 2.00. The van der Waals surface area contributed by atoms with E-state index in [0.717, 1.165) is 22.6 Å². The first-order valence-corrected chi connectivity index (χ1v) is 7.03. The molecule has 0 aliphatic heterocycles. The van der Waals surface area contributed by atoms with Gasteiger partial charge in [0.25, 0.3) is 0 Å². The highest BCUT2D eigenvalue weighted by Crippen LogP contribution is 2.16. The third kappa shape index (κ3) is 2.79. The first-order chi connectivity index (χ1) is 10.7. The standard InChI is InChI=1S/C17H17N3O2/c1-12-5-3-7-14(9-12)20-16(18-19-17(20)21)11-13-6-4-8-15(10-13)22-2/h3-10H,11H2,1-2H3,(H,19,21). The molecule has 2 aromatic carbocycles. The maximum absolute atomic E-state index is 12.1. The van der Waals surface area contributed by atoms with Crippen molar-refractivity contribution in [3.8, 4) is 11.4 Å². The van der Waals surface area contributed by atoms with Crippen LogP contribution in [0.4, 0.5) is 0 Å². The van der Waals surface area contributed by atoms with E-state index in [1.807, 2.05) is 55.5 Å². The molecule has 1 N–H and O–H groups in total. The van der Waals surface area contributed by atoms with Crippen molar-refractivity contribution in [2.45, 2.75) is 13.3 Å². The van der Waals surface area contributed by atoms with Crippen molar-refractivity contribution < 1.29 is 4.74 Å². The normalized spacial score (nSPS) is 10.6. The molecular formula is C17H17N3O2. The van der Waals surface area contributed by atoms with Crippen LogP contribution in [0.3, 0.4) is 0 Å². The second kappa shape index (κ2) is 5.89. The van der Waals surface area contributed by atoms with Crippen LogP contribution in [-0.2, 0) is 6.42 Å². The summed E-state index contributed by atoms with van der Waals surface area (Å²) in [6, 6.07) is 15.5. The molecule has 0 fully saturated rings. The average molecular weight is 295 g/mol. The molecule has 3 aromatic rings. The Morgan fingerprint density at radius 3 is 2.77 bits per heavy atom. The highest BCUT2D eigenvalue weighted by Gasteiger charge is 2.11. The first-order valence-electron chi connectivity index (χ1n) is 7.03. The van der Waals surface area contributed by atoms with Crippen molar-refractivity contribution in [1.29, 1.82) is 0 Å².